The van der Waals surface area contributed by atoms with Gasteiger partial charge >= 0.3 is 6.18 Å². The molecule has 2 saturated heterocycles. The van der Waals surface area contributed by atoms with Gasteiger partial charge in [0, 0.05) is 12.5 Å². The highest BCUT2D eigenvalue weighted by Gasteiger charge is 2.45. The number of ether oxygens (including phenoxy) is 1. The van der Waals surface area contributed by atoms with Crippen LogP contribution in [-0.2, 0) is 17.5 Å². The zero-order valence-electron chi connectivity index (χ0n) is 9.54. The third kappa shape index (κ3) is 1.94. The number of thiazole rings is 1. The number of rotatable bonds is 2. The van der Waals surface area contributed by atoms with Crippen LogP contribution in [0, 0.1) is 0 Å². The molecule has 0 amide bonds. The lowest BCUT2D eigenvalue weighted by atomic mass is 9.90. The highest BCUT2D eigenvalue weighted by Crippen LogP contribution is 2.47. The first kappa shape index (κ1) is 12.4. The Morgan fingerprint density at radius 1 is 1.39 bits per heavy atom. The molecule has 0 aliphatic carbocycles. The van der Waals surface area contributed by atoms with E-state index in [4.69, 9.17) is 10.5 Å². The van der Waals surface area contributed by atoms with Gasteiger partial charge in [0.05, 0.1) is 22.1 Å². The van der Waals surface area contributed by atoms with E-state index in [2.05, 4.69) is 4.98 Å². The van der Waals surface area contributed by atoms with E-state index in [1.165, 1.54) is 0 Å². The third-order valence-electron chi connectivity index (χ3n) is 3.59. The van der Waals surface area contributed by atoms with Crippen molar-refractivity contribution in [2.45, 2.75) is 50.1 Å². The molecule has 2 N–H and O–H groups in total. The van der Waals surface area contributed by atoms with Crippen LogP contribution in [0.1, 0.15) is 40.8 Å². The summed E-state index contributed by atoms with van der Waals surface area (Å²) in [5, 5.41) is 0.537. The number of nitrogens with two attached hydrogens (primary N) is 1. The van der Waals surface area contributed by atoms with Crippen molar-refractivity contribution < 1.29 is 17.9 Å². The molecule has 3 nitrogen and oxygen atoms in total. The van der Waals surface area contributed by atoms with E-state index in [9.17, 15) is 13.2 Å². The molecule has 0 aromatic carbocycles. The van der Waals surface area contributed by atoms with Crippen LogP contribution in [0.5, 0.6) is 0 Å². The highest BCUT2D eigenvalue weighted by molar-refractivity contribution is 7.11. The van der Waals surface area contributed by atoms with Crippen LogP contribution < -0.4 is 5.73 Å². The molecule has 18 heavy (non-hydrogen) atoms. The molecule has 3 heterocycles. The minimum atomic E-state index is -4.41. The first-order valence-corrected chi connectivity index (χ1v) is 6.73. The van der Waals surface area contributed by atoms with Gasteiger partial charge in [0.15, 0.2) is 5.69 Å². The van der Waals surface area contributed by atoms with Crippen molar-refractivity contribution in [1.82, 2.24) is 4.98 Å². The molecule has 0 spiro atoms. The summed E-state index contributed by atoms with van der Waals surface area (Å²) in [6.07, 6.45) is -1.43. The summed E-state index contributed by atoms with van der Waals surface area (Å²) in [4.78, 5) is 3.91. The fraction of sp³-hybridized carbons (Fsp3) is 0.727. The molecule has 3 atom stereocenters. The van der Waals surface area contributed by atoms with Gasteiger partial charge in [-0.2, -0.15) is 13.2 Å². The molecule has 2 aliphatic heterocycles. The second-order valence-electron chi connectivity index (χ2n) is 4.74. The summed E-state index contributed by atoms with van der Waals surface area (Å²) in [7, 11) is 0. The number of aromatic nitrogens is 1. The summed E-state index contributed by atoms with van der Waals surface area (Å²) in [6.45, 7) is -0.117. The van der Waals surface area contributed by atoms with Crippen molar-refractivity contribution in [3.05, 3.63) is 15.6 Å². The van der Waals surface area contributed by atoms with Crippen molar-refractivity contribution >= 4 is 11.3 Å². The zero-order valence-corrected chi connectivity index (χ0v) is 10.4. The fourth-order valence-corrected chi connectivity index (χ4v) is 3.92. The summed E-state index contributed by atoms with van der Waals surface area (Å²) in [5.74, 6) is 0.0233. The van der Waals surface area contributed by atoms with E-state index < -0.39 is 11.9 Å². The average molecular weight is 278 g/mol. The molecular weight excluding hydrogens is 265 g/mol. The monoisotopic (exact) mass is 278 g/mol. The van der Waals surface area contributed by atoms with Gasteiger partial charge in [0.2, 0.25) is 0 Å². The smallest absolute Gasteiger partial charge is 0.374 e. The maximum absolute atomic E-state index is 12.8. The summed E-state index contributed by atoms with van der Waals surface area (Å²) in [5.41, 5.74) is 4.56. The molecular formula is C11H13F3N2OS. The van der Waals surface area contributed by atoms with Crippen molar-refractivity contribution in [2.24, 2.45) is 5.73 Å². The second kappa shape index (κ2) is 4.18. The van der Waals surface area contributed by atoms with Crippen molar-refractivity contribution in [3.8, 4) is 0 Å². The van der Waals surface area contributed by atoms with E-state index in [-0.39, 0.29) is 29.5 Å². The van der Waals surface area contributed by atoms with Crippen LogP contribution in [0.3, 0.4) is 0 Å². The Morgan fingerprint density at radius 3 is 2.61 bits per heavy atom. The van der Waals surface area contributed by atoms with E-state index >= 15 is 0 Å². The van der Waals surface area contributed by atoms with E-state index in [1.807, 2.05) is 0 Å². The Kier molecular flexibility index (Phi) is 2.87. The molecule has 1 aromatic heterocycles. The van der Waals surface area contributed by atoms with Gasteiger partial charge in [-0.25, -0.2) is 4.98 Å². The minimum Gasteiger partial charge on any atom is -0.374 e. The van der Waals surface area contributed by atoms with Crippen LogP contribution in [0.25, 0.3) is 0 Å². The molecule has 0 saturated carbocycles. The standard InChI is InChI=1S/C11H13F3N2OS/c12-11(13,14)9-8(4-15)18-10(16-9)6-3-5-1-2-7(6)17-5/h5-7H,1-4,15H2. The van der Waals surface area contributed by atoms with E-state index in [1.54, 1.807) is 0 Å². The summed E-state index contributed by atoms with van der Waals surface area (Å²) in [6, 6.07) is 0. The van der Waals surface area contributed by atoms with E-state index in [0.717, 1.165) is 30.6 Å². The number of fused-ring (bicyclic) bond motifs is 2. The molecule has 2 bridgehead atoms. The predicted octanol–water partition coefficient (Wildman–Crippen LogP) is 2.66. The number of hydrogen-bond donors (Lipinski definition) is 1. The van der Waals surface area contributed by atoms with Crippen molar-refractivity contribution in [3.63, 3.8) is 0 Å². The van der Waals surface area contributed by atoms with Crippen molar-refractivity contribution in [2.75, 3.05) is 0 Å². The Balaban J connectivity index is 1.92. The van der Waals surface area contributed by atoms with Gasteiger partial charge in [-0.1, -0.05) is 0 Å². The minimum absolute atomic E-state index is 0.0233. The van der Waals surface area contributed by atoms with Crippen LogP contribution in [0.4, 0.5) is 13.2 Å². The Morgan fingerprint density at radius 2 is 2.17 bits per heavy atom. The number of nitrogens with zero attached hydrogens (tertiary/aromatic N) is 1. The SMILES string of the molecule is NCc1sc(C2CC3CCC2O3)nc1C(F)(F)F. The molecule has 100 valence electrons. The Hall–Kier alpha value is -0.660. The van der Waals surface area contributed by atoms with Crippen LogP contribution in [-0.4, -0.2) is 17.2 Å². The topological polar surface area (TPSA) is 48.1 Å². The lowest BCUT2D eigenvalue weighted by Gasteiger charge is -2.15. The van der Waals surface area contributed by atoms with Gasteiger partial charge in [-0.15, -0.1) is 11.3 Å². The maximum Gasteiger partial charge on any atom is 0.434 e. The molecule has 2 fully saturated rings. The average Bonchev–Trinajstić information content (AvgIpc) is 3.01. The maximum atomic E-state index is 12.8. The van der Waals surface area contributed by atoms with Gasteiger partial charge in [-0.3, -0.25) is 0 Å². The Labute approximate surface area is 106 Å². The summed E-state index contributed by atoms with van der Waals surface area (Å²) < 4.78 is 44.0. The van der Waals surface area contributed by atoms with Crippen LogP contribution in [0.2, 0.25) is 0 Å². The van der Waals surface area contributed by atoms with Crippen LogP contribution >= 0.6 is 11.3 Å². The van der Waals surface area contributed by atoms with E-state index in [0.29, 0.717) is 5.01 Å². The number of alkyl halides is 3. The van der Waals surface area contributed by atoms with Gasteiger partial charge < -0.3 is 10.5 Å². The zero-order chi connectivity index (χ0) is 12.9. The second-order valence-corrected chi connectivity index (χ2v) is 5.86. The predicted molar refractivity (Wildman–Crippen MR) is 60.3 cm³/mol. The van der Waals surface area contributed by atoms with Crippen molar-refractivity contribution in [1.29, 1.82) is 0 Å². The molecule has 3 rings (SSSR count). The lowest BCUT2D eigenvalue weighted by Crippen LogP contribution is -2.15. The highest BCUT2D eigenvalue weighted by atomic mass is 32.1. The van der Waals surface area contributed by atoms with Crippen LogP contribution in [0.15, 0.2) is 0 Å². The molecule has 7 heteroatoms. The fourth-order valence-electron chi connectivity index (χ4n) is 2.79. The molecule has 3 unspecified atom stereocenters. The third-order valence-corrected chi connectivity index (χ3v) is 4.80. The first-order chi connectivity index (χ1) is 8.49. The molecule has 1 aromatic rings. The van der Waals surface area contributed by atoms with Gasteiger partial charge in [-0.05, 0) is 19.3 Å². The molecule has 0 radical (unpaired) electrons. The quantitative estimate of drug-likeness (QED) is 0.904. The first-order valence-electron chi connectivity index (χ1n) is 5.91. The largest absolute Gasteiger partial charge is 0.434 e. The lowest BCUT2D eigenvalue weighted by molar-refractivity contribution is -0.141. The number of halogens is 3. The number of hydrogen-bond acceptors (Lipinski definition) is 4. The van der Waals surface area contributed by atoms with Gasteiger partial charge in [0.25, 0.3) is 0 Å². The molecule has 2 aliphatic rings. The van der Waals surface area contributed by atoms with Gasteiger partial charge in [0.1, 0.15) is 0 Å². The Bertz CT molecular complexity index is 460. The summed E-state index contributed by atoms with van der Waals surface area (Å²) >= 11 is 1.09. The normalized spacial score (nSPS) is 31.2.